The average molecular weight is 215 g/mol. The van der Waals surface area contributed by atoms with Crippen molar-refractivity contribution in [2.24, 2.45) is 5.73 Å². The smallest absolute Gasteiger partial charge is 0.119 e. The van der Waals surface area contributed by atoms with Gasteiger partial charge in [0.15, 0.2) is 0 Å². The maximum Gasteiger partial charge on any atom is 0.119 e. The topological polar surface area (TPSA) is 61.0 Å². The fraction of sp³-hybridized carbons (Fsp3) is 0.167. The van der Waals surface area contributed by atoms with E-state index in [4.69, 9.17) is 10.5 Å². The van der Waals surface area contributed by atoms with Crippen LogP contribution in [0.25, 0.3) is 0 Å². The van der Waals surface area contributed by atoms with E-state index in [1.807, 2.05) is 30.3 Å². The van der Waals surface area contributed by atoms with Crippen LogP contribution in [0.5, 0.6) is 5.75 Å². The summed E-state index contributed by atoms with van der Waals surface area (Å²) in [6.45, 7) is 0. The Morgan fingerprint density at radius 3 is 2.88 bits per heavy atom. The molecule has 0 radical (unpaired) electrons. The van der Waals surface area contributed by atoms with Gasteiger partial charge in [-0.25, -0.2) is 9.97 Å². The van der Waals surface area contributed by atoms with Crippen molar-refractivity contribution in [2.75, 3.05) is 7.11 Å². The second kappa shape index (κ2) is 4.72. The van der Waals surface area contributed by atoms with Gasteiger partial charge >= 0.3 is 0 Å². The number of methoxy groups -OCH3 is 1. The zero-order valence-electron chi connectivity index (χ0n) is 9.00. The molecule has 1 unspecified atom stereocenters. The number of hydrogen-bond donors (Lipinski definition) is 1. The van der Waals surface area contributed by atoms with Gasteiger partial charge in [0, 0.05) is 6.20 Å². The third-order valence-electron chi connectivity index (χ3n) is 2.38. The Morgan fingerprint density at radius 2 is 2.19 bits per heavy atom. The number of rotatable bonds is 3. The highest BCUT2D eigenvalue weighted by molar-refractivity contribution is 5.33. The summed E-state index contributed by atoms with van der Waals surface area (Å²) >= 11 is 0. The lowest BCUT2D eigenvalue weighted by Crippen LogP contribution is -2.13. The fourth-order valence-corrected chi connectivity index (χ4v) is 1.49. The van der Waals surface area contributed by atoms with Crippen molar-refractivity contribution >= 4 is 0 Å². The molecule has 4 heteroatoms. The van der Waals surface area contributed by atoms with E-state index in [1.54, 1.807) is 13.3 Å². The van der Waals surface area contributed by atoms with Crippen LogP contribution in [0, 0.1) is 0 Å². The Bertz CT molecular complexity index is 459. The van der Waals surface area contributed by atoms with E-state index in [1.165, 1.54) is 6.33 Å². The second-order valence-electron chi connectivity index (χ2n) is 3.39. The minimum Gasteiger partial charge on any atom is -0.497 e. The van der Waals surface area contributed by atoms with Gasteiger partial charge in [0.1, 0.15) is 12.1 Å². The molecule has 82 valence electrons. The third-order valence-corrected chi connectivity index (χ3v) is 2.38. The van der Waals surface area contributed by atoms with Gasteiger partial charge in [-0.05, 0) is 23.8 Å². The molecular weight excluding hydrogens is 202 g/mol. The molecule has 0 fully saturated rings. The lowest BCUT2D eigenvalue weighted by Gasteiger charge is -2.11. The summed E-state index contributed by atoms with van der Waals surface area (Å²) in [5.74, 6) is 0.794. The van der Waals surface area contributed by atoms with Crippen molar-refractivity contribution in [2.45, 2.75) is 6.04 Å². The maximum atomic E-state index is 6.09. The summed E-state index contributed by atoms with van der Waals surface area (Å²) in [6.07, 6.45) is 3.18. The van der Waals surface area contributed by atoms with Gasteiger partial charge in [-0.15, -0.1) is 0 Å². The molecule has 1 aromatic heterocycles. The second-order valence-corrected chi connectivity index (χ2v) is 3.39. The fourth-order valence-electron chi connectivity index (χ4n) is 1.49. The summed E-state index contributed by atoms with van der Waals surface area (Å²) in [5, 5.41) is 0. The van der Waals surface area contributed by atoms with Crippen LogP contribution in [0.3, 0.4) is 0 Å². The van der Waals surface area contributed by atoms with Crippen molar-refractivity contribution in [1.29, 1.82) is 0 Å². The lowest BCUT2D eigenvalue weighted by molar-refractivity contribution is 0.414. The van der Waals surface area contributed by atoms with E-state index in [-0.39, 0.29) is 6.04 Å². The van der Waals surface area contributed by atoms with Gasteiger partial charge in [0.25, 0.3) is 0 Å². The zero-order chi connectivity index (χ0) is 11.4. The van der Waals surface area contributed by atoms with Crippen molar-refractivity contribution in [3.8, 4) is 5.75 Å². The quantitative estimate of drug-likeness (QED) is 0.843. The van der Waals surface area contributed by atoms with Gasteiger partial charge < -0.3 is 10.5 Å². The highest BCUT2D eigenvalue weighted by Gasteiger charge is 2.10. The highest BCUT2D eigenvalue weighted by atomic mass is 16.5. The van der Waals surface area contributed by atoms with Crippen LogP contribution in [0.1, 0.15) is 17.3 Å². The maximum absolute atomic E-state index is 6.09. The molecule has 0 aliphatic heterocycles. The number of hydrogen-bond acceptors (Lipinski definition) is 4. The first-order valence-electron chi connectivity index (χ1n) is 4.96. The van der Waals surface area contributed by atoms with Crippen LogP contribution in [0.15, 0.2) is 42.9 Å². The van der Waals surface area contributed by atoms with Gasteiger partial charge in [-0.3, -0.25) is 0 Å². The lowest BCUT2D eigenvalue weighted by atomic mass is 10.0. The SMILES string of the molecule is COc1cccc(C(N)c2ccncn2)c1. The molecule has 0 amide bonds. The predicted octanol–water partition coefficient (Wildman–Crippen LogP) is 1.53. The zero-order valence-corrected chi connectivity index (χ0v) is 9.00. The minimum absolute atomic E-state index is 0.252. The Morgan fingerprint density at radius 1 is 1.31 bits per heavy atom. The molecule has 2 aromatic rings. The number of ether oxygens (including phenoxy) is 1. The van der Waals surface area contributed by atoms with Gasteiger partial charge in [0.2, 0.25) is 0 Å². The first-order chi connectivity index (χ1) is 7.81. The predicted molar refractivity (Wildman–Crippen MR) is 61.1 cm³/mol. The molecule has 0 aliphatic carbocycles. The Balaban J connectivity index is 2.30. The van der Waals surface area contributed by atoms with Crippen LogP contribution in [-0.2, 0) is 0 Å². The Hall–Kier alpha value is -1.94. The van der Waals surface area contributed by atoms with Crippen LogP contribution in [0.4, 0.5) is 0 Å². The minimum atomic E-state index is -0.252. The van der Waals surface area contributed by atoms with Crippen molar-refractivity contribution in [1.82, 2.24) is 9.97 Å². The van der Waals surface area contributed by atoms with Crippen LogP contribution in [0.2, 0.25) is 0 Å². The molecule has 1 aromatic carbocycles. The first kappa shape index (κ1) is 10.6. The summed E-state index contributed by atoms with van der Waals surface area (Å²) in [7, 11) is 1.63. The summed E-state index contributed by atoms with van der Waals surface area (Å²) in [4.78, 5) is 8.00. The van der Waals surface area contributed by atoms with Gasteiger partial charge in [-0.2, -0.15) is 0 Å². The van der Waals surface area contributed by atoms with E-state index in [0.29, 0.717) is 0 Å². The first-order valence-corrected chi connectivity index (χ1v) is 4.96. The largest absolute Gasteiger partial charge is 0.497 e. The molecule has 0 saturated heterocycles. The van der Waals surface area contributed by atoms with Gasteiger partial charge in [0.05, 0.1) is 18.8 Å². The van der Waals surface area contributed by atoms with Crippen LogP contribution in [-0.4, -0.2) is 17.1 Å². The molecule has 16 heavy (non-hydrogen) atoms. The molecule has 1 atom stereocenters. The normalized spacial score (nSPS) is 12.1. The van der Waals surface area contributed by atoms with E-state index in [2.05, 4.69) is 9.97 Å². The number of nitrogens with zero attached hydrogens (tertiary/aromatic N) is 2. The average Bonchev–Trinajstić information content (AvgIpc) is 2.39. The number of nitrogens with two attached hydrogens (primary N) is 1. The third kappa shape index (κ3) is 2.17. The van der Waals surface area contributed by atoms with E-state index >= 15 is 0 Å². The monoisotopic (exact) mass is 215 g/mol. The molecule has 0 bridgehead atoms. The molecule has 4 nitrogen and oxygen atoms in total. The molecular formula is C12H13N3O. The number of benzene rings is 1. The highest BCUT2D eigenvalue weighted by Crippen LogP contribution is 2.21. The van der Waals surface area contributed by atoms with Crippen LogP contribution < -0.4 is 10.5 Å². The molecule has 0 saturated carbocycles. The van der Waals surface area contributed by atoms with E-state index in [0.717, 1.165) is 17.0 Å². The molecule has 0 aliphatic rings. The molecule has 0 spiro atoms. The summed E-state index contributed by atoms with van der Waals surface area (Å²) in [5.41, 5.74) is 7.86. The van der Waals surface area contributed by atoms with Crippen LogP contribution >= 0.6 is 0 Å². The Labute approximate surface area is 94.1 Å². The van der Waals surface area contributed by atoms with Crippen molar-refractivity contribution < 1.29 is 4.74 Å². The molecule has 1 heterocycles. The summed E-state index contributed by atoms with van der Waals surface area (Å²) in [6, 6.07) is 9.22. The van der Waals surface area contributed by atoms with Crippen molar-refractivity contribution in [3.05, 3.63) is 54.1 Å². The summed E-state index contributed by atoms with van der Waals surface area (Å²) < 4.78 is 5.15. The number of aromatic nitrogens is 2. The molecule has 2 rings (SSSR count). The molecule has 2 N–H and O–H groups in total. The van der Waals surface area contributed by atoms with Gasteiger partial charge in [-0.1, -0.05) is 12.1 Å². The Kier molecular flexibility index (Phi) is 3.12. The standard InChI is InChI=1S/C12H13N3O/c1-16-10-4-2-3-9(7-10)12(13)11-5-6-14-8-15-11/h2-8,12H,13H2,1H3. The van der Waals surface area contributed by atoms with E-state index < -0.39 is 0 Å². The van der Waals surface area contributed by atoms with Crippen molar-refractivity contribution in [3.63, 3.8) is 0 Å². The van der Waals surface area contributed by atoms with E-state index in [9.17, 15) is 0 Å².